The molecular formula is C14H27NOS. The Hall–Kier alpha value is 0.270. The van der Waals surface area contributed by atoms with E-state index in [-0.39, 0.29) is 0 Å². The maximum Gasteiger partial charge on any atom is 0.0787 e. The molecule has 2 fully saturated rings. The summed E-state index contributed by atoms with van der Waals surface area (Å²) in [5.41, 5.74) is -0.410. The van der Waals surface area contributed by atoms with Crippen LogP contribution in [0.3, 0.4) is 0 Å². The summed E-state index contributed by atoms with van der Waals surface area (Å²) in [6.45, 7) is 3.12. The minimum Gasteiger partial charge on any atom is -0.389 e. The molecule has 1 aliphatic heterocycles. The molecule has 2 rings (SSSR count). The highest BCUT2D eigenvalue weighted by Gasteiger charge is 2.30. The molecule has 1 aliphatic carbocycles. The van der Waals surface area contributed by atoms with Crippen molar-refractivity contribution in [2.75, 3.05) is 18.1 Å². The number of hydrogen-bond acceptors (Lipinski definition) is 3. The zero-order chi connectivity index (χ0) is 12.1. The van der Waals surface area contributed by atoms with Crippen molar-refractivity contribution in [2.45, 2.75) is 63.5 Å². The highest BCUT2D eigenvalue weighted by Crippen LogP contribution is 2.29. The van der Waals surface area contributed by atoms with E-state index >= 15 is 0 Å². The fourth-order valence-corrected chi connectivity index (χ4v) is 4.29. The molecule has 2 aliphatic rings. The zero-order valence-electron chi connectivity index (χ0n) is 11.1. The van der Waals surface area contributed by atoms with E-state index < -0.39 is 5.60 Å². The lowest BCUT2D eigenvalue weighted by Crippen LogP contribution is -2.47. The first-order valence-corrected chi connectivity index (χ1v) is 8.41. The summed E-state index contributed by atoms with van der Waals surface area (Å²) in [6, 6.07) is 0.663. The third-order valence-corrected chi connectivity index (χ3v) is 5.55. The zero-order valence-corrected chi connectivity index (χ0v) is 11.9. The maximum absolute atomic E-state index is 10.4. The maximum atomic E-state index is 10.4. The Morgan fingerprint density at radius 1 is 1.18 bits per heavy atom. The normalized spacial score (nSPS) is 33.5. The number of aliphatic hydroxyl groups is 1. The molecule has 2 nitrogen and oxygen atoms in total. The van der Waals surface area contributed by atoms with Gasteiger partial charge in [-0.3, -0.25) is 0 Å². The molecule has 0 aromatic carbocycles. The number of nitrogens with one attached hydrogen (secondary N) is 1. The molecule has 1 heterocycles. The van der Waals surface area contributed by atoms with Gasteiger partial charge in [0.05, 0.1) is 5.60 Å². The Morgan fingerprint density at radius 2 is 1.82 bits per heavy atom. The summed E-state index contributed by atoms with van der Waals surface area (Å²) in [4.78, 5) is 0. The van der Waals surface area contributed by atoms with Crippen LogP contribution in [-0.4, -0.2) is 34.8 Å². The smallest absolute Gasteiger partial charge is 0.0787 e. The minimum atomic E-state index is -0.410. The molecule has 2 N–H and O–H groups in total. The van der Waals surface area contributed by atoms with Crippen LogP contribution in [0.4, 0.5) is 0 Å². The molecule has 0 aromatic rings. The third-order valence-electron chi connectivity index (χ3n) is 4.57. The van der Waals surface area contributed by atoms with E-state index in [1.807, 2.05) is 11.8 Å². The first-order chi connectivity index (χ1) is 8.22. The molecule has 0 radical (unpaired) electrons. The number of thioether (sulfide) groups is 1. The summed E-state index contributed by atoms with van der Waals surface area (Å²) in [5.74, 6) is 3.21. The largest absolute Gasteiger partial charge is 0.389 e. The molecule has 0 atom stereocenters. The first-order valence-electron chi connectivity index (χ1n) is 7.25. The van der Waals surface area contributed by atoms with Gasteiger partial charge in [0.2, 0.25) is 0 Å². The van der Waals surface area contributed by atoms with Gasteiger partial charge in [-0.15, -0.1) is 0 Å². The number of hydrogen-bond donors (Lipinski definition) is 2. The van der Waals surface area contributed by atoms with Gasteiger partial charge in [-0.1, -0.05) is 13.3 Å². The summed E-state index contributed by atoms with van der Waals surface area (Å²) >= 11 is 1.97. The van der Waals surface area contributed by atoms with Gasteiger partial charge in [0.1, 0.15) is 0 Å². The molecule has 0 unspecified atom stereocenters. The first kappa shape index (κ1) is 13.7. The van der Waals surface area contributed by atoms with Crippen LogP contribution in [-0.2, 0) is 0 Å². The van der Waals surface area contributed by atoms with Crippen molar-refractivity contribution in [2.24, 2.45) is 5.92 Å². The average molecular weight is 257 g/mol. The fraction of sp³-hybridized carbons (Fsp3) is 1.00. The molecule has 1 saturated heterocycles. The summed E-state index contributed by atoms with van der Waals surface area (Å²) in [5, 5.41) is 14.0. The van der Waals surface area contributed by atoms with Crippen molar-refractivity contribution in [3.8, 4) is 0 Å². The van der Waals surface area contributed by atoms with Crippen LogP contribution in [0.5, 0.6) is 0 Å². The molecular weight excluding hydrogens is 230 g/mol. The van der Waals surface area contributed by atoms with E-state index in [0.717, 1.165) is 36.8 Å². The quantitative estimate of drug-likeness (QED) is 0.812. The predicted octanol–water partition coefficient (Wildman–Crippen LogP) is 2.80. The second-order valence-corrected chi connectivity index (χ2v) is 7.07. The topological polar surface area (TPSA) is 32.3 Å². The van der Waals surface area contributed by atoms with Crippen LogP contribution in [0.2, 0.25) is 0 Å². The Kier molecular flexibility index (Phi) is 5.19. The second kappa shape index (κ2) is 6.44. The third kappa shape index (κ3) is 4.15. The molecule has 1 saturated carbocycles. The molecule has 0 aromatic heterocycles. The van der Waals surface area contributed by atoms with Crippen LogP contribution in [0, 0.1) is 5.92 Å². The Labute approximate surface area is 110 Å². The van der Waals surface area contributed by atoms with E-state index in [1.54, 1.807) is 0 Å². The van der Waals surface area contributed by atoms with Gasteiger partial charge in [-0.05, 0) is 55.9 Å². The van der Waals surface area contributed by atoms with Crippen LogP contribution < -0.4 is 5.32 Å². The van der Waals surface area contributed by atoms with E-state index in [1.165, 1.54) is 32.1 Å². The van der Waals surface area contributed by atoms with Gasteiger partial charge >= 0.3 is 0 Å². The van der Waals surface area contributed by atoms with Crippen LogP contribution in [0.1, 0.15) is 51.9 Å². The lowest BCUT2D eigenvalue weighted by molar-refractivity contribution is 0.0277. The van der Waals surface area contributed by atoms with Crippen molar-refractivity contribution >= 4 is 11.8 Å². The molecule has 0 spiro atoms. The van der Waals surface area contributed by atoms with Crippen molar-refractivity contribution in [1.29, 1.82) is 0 Å². The Morgan fingerprint density at radius 3 is 2.41 bits per heavy atom. The molecule has 100 valence electrons. The van der Waals surface area contributed by atoms with Gasteiger partial charge in [0.15, 0.2) is 0 Å². The van der Waals surface area contributed by atoms with Crippen LogP contribution in [0.25, 0.3) is 0 Å². The lowest BCUT2D eigenvalue weighted by atomic mass is 9.84. The van der Waals surface area contributed by atoms with E-state index in [4.69, 9.17) is 0 Å². The average Bonchev–Trinajstić information content (AvgIpc) is 2.38. The fourth-order valence-electron chi connectivity index (χ4n) is 3.04. The highest BCUT2D eigenvalue weighted by atomic mass is 32.2. The van der Waals surface area contributed by atoms with Crippen LogP contribution >= 0.6 is 11.8 Å². The van der Waals surface area contributed by atoms with Crippen molar-refractivity contribution in [1.82, 2.24) is 5.32 Å². The minimum absolute atomic E-state index is 0.410. The lowest BCUT2D eigenvalue weighted by Gasteiger charge is -2.35. The summed E-state index contributed by atoms with van der Waals surface area (Å²) in [6.07, 6.45) is 8.65. The van der Waals surface area contributed by atoms with Crippen molar-refractivity contribution in [3.63, 3.8) is 0 Å². The van der Waals surface area contributed by atoms with Gasteiger partial charge in [-0.2, -0.15) is 11.8 Å². The molecule has 3 heteroatoms. The number of rotatable bonds is 4. The van der Waals surface area contributed by atoms with E-state index in [9.17, 15) is 5.11 Å². The van der Waals surface area contributed by atoms with E-state index in [0.29, 0.717) is 6.04 Å². The summed E-state index contributed by atoms with van der Waals surface area (Å²) in [7, 11) is 0. The van der Waals surface area contributed by atoms with Crippen LogP contribution in [0.15, 0.2) is 0 Å². The van der Waals surface area contributed by atoms with E-state index in [2.05, 4.69) is 12.2 Å². The predicted molar refractivity (Wildman–Crippen MR) is 75.5 cm³/mol. The van der Waals surface area contributed by atoms with Gasteiger partial charge in [-0.25, -0.2) is 0 Å². The molecule has 17 heavy (non-hydrogen) atoms. The highest BCUT2D eigenvalue weighted by molar-refractivity contribution is 7.99. The SMILES string of the molecule is CCC1CCC(NCC2(O)CCSCC2)CC1. The van der Waals surface area contributed by atoms with Gasteiger partial charge in [0.25, 0.3) is 0 Å². The van der Waals surface area contributed by atoms with Gasteiger partial charge in [0, 0.05) is 12.6 Å². The monoisotopic (exact) mass is 257 g/mol. The molecule has 0 bridgehead atoms. The van der Waals surface area contributed by atoms with Crippen molar-refractivity contribution < 1.29 is 5.11 Å². The summed E-state index contributed by atoms with van der Waals surface area (Å²) < 4.78 is 0. The van der Waals surface area contributed by atoms with Crippen molar-refractivity contribution in [3.05, 3.63) is 0 Å². The second-order valence-electron chi connectivity index (χ2n) is 5.84. The Bertz CT molecular complexity index is 220. The Balaban J connectivity index is 1.68. The standard InChI is InChI=1S/C14H27NOS/c1-2-12-3-5-13(6-4-12)15-11-14(16)7-9-17-10-8-14/h12-13,15-16H,2-11H2,1H3. The molecule has 0 amide bonds. The van der Waals surface area contributed by atoms with Gasteiger partial charge < -0.3 is 10.4 Å².